The molecule has 6 nitrogen and oxygen atoms in total. The maximum atomic E-state index is 5.54. The number of aromatic nitrogens is 2. The molecule has 1 heterocycles. The highest BCUT2D eigenvalue weighted by molar-refractivity contribution is 5.64. The first-order valence-corrected chi connectivity index (χ1v) is 3.63. The third-order valence-electron chi connectivity index (χ3n) is 1.45. The number of rotatable bonds is 3. The first kappa shape index (κ1) is 9.53. The molecule has 13 heavy (non-hydrogen) atoms. The van der Waals surface area contributed by atoms with E-state index in [2.05, 4.69) is 9.97 Å². The van der Waals surface area contributed by atoms with Crippen molar-refractivity contribution < 1.29 is 9.47 Å². The van der Waals surface area contributed by atoms with Crippen LogP contribution in [0.5, 0.6) is 5.88 Å². The number of anilines is 2. The van der Waals surface area contributed by atoms with Crippen molar-refractivity contribution in [2.75, 3.05) is 25.7 Å². The summed E-state index contributed by atoms with van der Waals surface area (Å²) in [5.41, 5.74) is 11.3. The highest BCUT2D eigenvalue weighted by Gasteiger charge is 2.08. The number of nitrogens with two attached hydrogens (primary N) is 2. The number of nitrogen functional groups attached to an aromatic ring is 2. The van der Waals surface area contributed by atoms with Gasteiger partial charge in [0, 0.05) is 7.11 Å². The average Bonchev–Trinajstić information content (AvgIpc) is 2.11. The van der Waals surface area contributed by atoms with Crippen LogP contribution in [0, 0.1) is 0 Å². The van der Waals surface area contributed by atoms with Gasteiger partial charge in [-0.1, -0.05) is 0 Å². The van der Waals surface area contributed by atoms with Gasteiger partial charge in [-0.2, -0.15) is 4.98 Å². The number of hydrogen-bond donors (Lipinski definition) is 2. The molecule has 0 aliphatic heterocycles. The Balaban J connectivity index is 3.06. The maximum absolute atomic E-state index is 5.54. The first-order valence-electron chi connectivity index (χ1n) is 3.63. The Morgan fingerprint density at radius 2 is 1.92 bits per heavy atom. The minimum atomic E-state index is 0.207. The fourth-order valence-corrected chi connectivity index (χ4v) is 0.861. The Morgan fingerprint density at radius 3 is 2.46 bits per heavy atom. The van der Waals surface area contributed by atoms with Crippen molar-refractivity contribution in [2.24, 2.45) is 0 Å². The molecule has 0 unspecified atom stereocenters. The third kappa shape index (κ3) is 1.97. The molecule has 0 aliphatic carbocycles. The van der Waals surface area contributed by atoms with Crippen LogP contribution in [-0.2, 0) is 11.3 Å². The van der Waals surface area contributed by atoms with E-state index in [1.54, 1.807) is 7.11 Å². The van der Waals surface area contributed by atoms with Gasteiger partial charge in [-0.05, 0) is 0 Å². The summed E-state index contributed by atoms with van der Waals surface area (Å²) >= 11 is 0. The maximum Gasteiger partial charge on any atom is 0.242 e. The molecule has 0 aliphatic rings. The molecule has 1 aromatic rings. The second kappa shape index (κ2) is 3.90. The van der Waals surface area contributed by atoms with Crippen LogP contribution in [0.25, 0.3) is 0 Å². The van der Waals surface area contributed by atoms with E-state index in [-0.39, 0.29) is 24.0 Å². The molecule has 4 N–H and O–H groups in total. The average molecular weight is 184 g/mol. The Hall–Kier alpha value is -1.56. The van der Waals surface area contributed by atoms with Gasteiger partial charge < -0.3 is 20.9 Å². The van der Waals surface area contributed by atoms with Crippen LogP contribution in [0.15, 0.2) is 0 Å². The molecule has 0 fully saturated rings. The number of ether oxygens (including phenoxy) is 2. The molecule has 0 spiro atoms. The first-order chi connectivity index (χ1) is 6.19. The molecule has 1 aromatic heterocycles. The van der Waals surface area contributed by atoms with E-state index in [1.807, 2.05) is 0 Å². The second-order valence-corrected chi connectivity index (χ2v) is 2.38. The van der Waals surface area contributed by atoms with Gasteiger partial charge in [0.05, 0.1) is 7.11 Å². The number of nitrogens with zero attached hydrogens (tertiary/aromatic N) is 2. The van der Waals surface area contributed by atoms with Crippen molar-refractivity contribution in [1.82, 2.24) is 9.97 Å². The summed E-state index contributed by atoms with van der Waals surface area (Å²) in [5.74, 6) is 0.935. The van der Waals surface area contributed by atoms with E-state index in [9.17, 15) is 0 Å². The van der Waals surface area contributed by atoms with Gasteiger partial charge in [0.25, 0.3) is 0 Å². The summed E-state index contributed by atoms with van der Waals surface area (Å²) < 4.78 is 9.75. The zero-order valence-electron chi connectivity index (χ0n) is 7.57. The van der Waals surface area contributed by atoms with Gasteiger partial charge in [-0.25, -0.2) is 4.98 Å². The summed E-state index contributed by atoms with van der Waals surface area (Å²) in [6.07, 6.45) is 0. The van der Waals surface area contributed by atoms with Gasteiger partial charge in [0.15, 0.2) is 11.6 Å². The molecular formula is C7H12N4O2. The van der Waals surface area contributed by atoms with Gasteiger partial charge in [0.1, 0.15) is 12.3 Å². The van der Waals surface area contributed by atoms with Gasteiger partial charge in [0.2, 0.25) is 5.88 Å². The van der Waals surface area contributed by atoms with Gasteiger partial charge >= 0.3 is 0 Å². The monoisotopic (exact) mass is 184 g/mol. The number of methoxy groups -OCH3 is 2. The molecule has 0 saturated heterocycles. The van der Waals surface area contributed by atoms with Crippen molar-refractivity contribution in [3.8, 4) is 5.88 Å². The zero-order valence-corrected chi connectivity index (χ0v) is 7.57. The van der Waals surface area contributed by atoms with E-state index in [4.69, 9.17) is 20.9 Å². The quantitative estimate of drug-likeness (QED) is 0.675. The topological polar surface area (TPSA) is 96.3 Å². The Morgan fingerprint density at radius 1 is 1.23 bits per heavy atom. The van der Waals surface area contributed by atoms with Crippen molar-refractivity contribution in [1.29, 1.82) is 0 Å². The lowest BCUT2D eigenvalue weighted by Gasteiger charge is -2.07. The van der Waals surface area contributed by atoms with Crippen LogP contribution < -0.4 is 16.2 Å². The predicted molar refractivity (Wildman–Crippen MR) is 48.1 cm³/mol. The molecule has 0 radical (unpaired) electrons. The summed E-state index contributed by atoms with van der Waals surface area (Å²) in [5, 5.41) is 0. The molecule has 0 amide bonds. The van der Waals surface area contributed by atoms with Crippen LogP contribution >= 0.6 is 0 Å². The summed E-state index contributed by atoms with van der Waals surface area (Å²) in [6.45, 7) is 0.279. The molecule has 0 saturated carbocycles. The fraction of sp³-hybridized carbons (Fsp3) is 0.429. The van der Waals surface area contributed by atoms with Crippen LogP contribution in [0.1, 0.15) is 5.82 Å². The normalized spacial score (nSPS) is 10.0. The lowest BCUT2D eigenvalue weighted by molar-refractivity contribution is 0.177. The van der Waals surface area contributed by atoms with Crippen molar-refractivity contribution >= 4 is 11.5 Å². The molecule has 6 heteroatoms. The van der Waals surface area contributed by atoms with Crippen LogP contribution in [0.4, 0.5) is 11.5 Å². The minimum absolute atomic E-state index is 0.207. The van der Waals surface area contributed by atoms with Gasteiger partial charge in [-0.3, -0.25) is 0 Å². The minimum Gasteiger partial charge on any atom is -0.479 e. The number of hydrogen-bond acceptors (Lipinski definition) is 6. The molecule has 0 atom stereocenters. The Bertz CT molecular complexity index is 303. The lowest BCUT2D eigenvalue weighted by atomic mass is 10.4. The van der Waals surface area contributed by atoms with Crippen molar-refractivity contribution in [2.45, 2.75) is 6.61 Å². The van der Waals surface area contributed by atoms with Crippen LogP contribution in [0.2, 0.25) is 0 Å². The summed E-state index contributed by atoms with van der Waals surface area (Å²) in [4.78, 5) is 7.89. The zero-order chi connectivity index (χ0) is 9.84. The predicted octanol–water partition coefficient (Wildman–Crippen LogP) is -0.204. The molecule has 0 aromatic carbocycles. The fourth-order valence-electron chi connectivity index (χ4n) is 0.861. The molecule has 72 valence electrons. The lowest BCUT2D eigenvalue weighted by Crippen LogP contribution is -2.07. The van der Waals surface area contributed by atoms with E-state index in [0.717, 1.165) is 0 Å². The van der Waals surface area contributed by atoms with Gasteiger partial charge in [-0.15, -0.1) is 0 Å². The Labute approximate surface area is 75.9 Å². The Kier molecular flexibility index (Phi) is 2.86. The molecular weight excluding hydrogens is 172 g/mol. The largest absolute Gasteiger partial charge is 0.479 e. The SMILES string of the molecule is COCc1nc(N)c(N)c(OC)n1. The van der Waals surface area contributed by atoms with Crippen molar-refractivity contribution in [3.05, 3.63) is 5.82 Å². The van der Waals surface area contributed by atoms with Crippen LogP contribution in [-0.4, -0.2) is 24.2 Å². The smallest absolute Gasteiger partial charge is 0.242 e. The highest BCUT2D eigenvalue weighted by atomic mass is 16.5. The van der Waals surface area contributed by atoms with Crippen LogP contribution in [0.3, 0.4) is 0 Å². The third-order valence-corrected chi connectivity index (χ3v) is 1.45. The summed E-state index contributed by atoms with van der Waals surface area (Å²) in [6, 6.07) is 0. The van der Waals surface area contributed by atoms with E-state index < -0.39 is 0 Å². The van der Waals surface area contributed by atoms with E-state index in [1.165, 1.54) is 7.11 Å². The van der Waals surface area contributed by atoms with E-state index >= 15 is 0 Å². The highest BCUT2D eigenvalue weighted by Crippen LogP contribution is 2.22. The molecule has 1 rings (SSSR count). The van der Waals surface area contributed by atoms with E-state index in [0.29, 0.717) is 5.82 Å². The molecule has 0 bridgehead atoms. The summed E-state index contributed by atoms with van der Waals surface area (Å²) in [7, 11) is 3.01. The standard InChI is InChI=1S/C7H12N4O2/c1-12-3-4-10-6(9)5(8)7(11-4)13-2/h3,8H2,1-2H3,(H2,9,10,11). The van der Waals surface area contributed by atoms with Crippen molar-refractivity contribution in [3.63, 3.8) is 0 Å². The second-order valence-electron chi connectivity index (χ2n) is 2.38.